The van der Waals surface area contributed by atoms with Crippen LogP contribution in [0, 0.1) is 5.92 Å². The molecule has 9 heteroatoms. The van der Waals surface area contributed by atoms with E-state index in [4.69, 9.17) is 11.6 Å². The molecule has 0 spiro atoms. The second-order valence-corrected chi connectivity index (χ2v) is 9.12. The van der Waals surface area contributed by atoms with Crippen LogP contribution in [0.1, 0.15) is 31.2 Å². The quantitative estimate of drug-likeness (QED) is 0.445. The van der Waals surface area contributed by atoms with Crippen LogP contribution in [0.4, 0.5) is 27.9 Å². The van der Waals surface area contributed by atoms with Gasteiger partial charge in [-0.15, -0.1) is 0 Å². The van der Waals surface area contributed by atoms with Crippen molar-refractivity contribution >= 4 is 40.8 Å². The molecule has 1 aromatic carbocycles. The number of rotatable bonds is 2. The summed E-state index contributed by atoms with van der Waals surface area (Å²) in [4.78, 5) is 21.6. The van der Waals surface area contributed by atoms with E-state index in [1.54, 1.807) is 6.20 Å². The van der Waals surface area contributed by atoms with Crippen LogP contribution in [0.3, 0.4) is 0 Å². The smallest absolute Gasteiger partial charge is 0.319 e. The summed E-state index contributed by atoms with van der Waals surface area (Å²) in [6, 6.07) is 5.98. The van der Waals surface area contributed by atoms with Crippen LogP contribution in [0.5, 0.6) is 0 Å². The number of piperidine rings is 1. The molecular formula is C24H28ClN7O. The van der Waals surface area contributed by atoms with Crippen molar-refractivity contribution in [1.29, 1.82) is 0 Å². The number of urea groups is 1. The molecule has 33 heavy (non-hydrogen) atoms. The lowest BCUT2D eigenvalue weighted by Crippen LogP contribution is -2.44. The van der Waals surface area contributed by atoms with Crippen LogP contribution in [0.2, 0.25) is 5.02 Å². The Kier molecular flexibility index (Phi) is 6.46. The second-order valence-electron chi connectivity index (χ2n) is 8.71. The van der Waals surface area contributed by atoms with Gasteiger partial charge in [-0.25, -0.2) is 9.78 Å². The van der Waals surface area contributed by atoms with Gasteiger partial charge >= 0.3 is 6.03 Å². The Hall–Kier alpha value is -3.10. The van der Waals surface area contributed by atoms with Gasteiger partial charge in [-0.2, -0.15) is 4.98 Å². The molecule has 2 aromatic rings. The molecule has 2 amide bonds. The number of nitrogens with zero attached hydrogens (tertiary/aromatic N) is 2. The summed E-state index contributed by atoms with van der Waals surface area (Å²) < 4.78 is 0. The van der Waals surface area contributed by atoms with E-state index < -0.39 is 0 Å². The van der Waals surface area contributed by atoms with Crippen LogP contribution in [0.25, 0.3) is 0 Å². The molecule has 172 valence electrons. The van der Waals surface area contributed by atoms with Crippen molar-refractivity contribution in [3.63, 3.8) is 0 Å². The molecule has 0 saturated carbocycles. The SMILES string of the molecule is O=C(Nc1ccc2cc1CCC1C=CC=C(C1)Nc1ncc(Cl)c(n1)N2)NC1CCNCC1. The minimum atomic E-state index is -0.155. The molecule has 1 aromatic heterocycles. The zero-order valence-corrected chi connectivity index (χ0v) is 19.1. The van der Waals surface area contributed by atoms with Gasteiger partial charge in [0.1, 0.15) is 5.02 Å². The number of nitrogens with one attached hydrogen (secondary N) is 5. The monoisotopic (exact) mass is 465 g/mol. The normalized spacial score (nSPS) is 20.2. The molecule has 3 heterocycles. The molecule has 5 N–H and O–H groups in total. The van der Waals surface area contributed by atoms with E-state index in [-0.39, 0.29) is 12.1 Å². The third-order valence-corrected chi connectivity index (χ3v) is 6.53. The summed E-state index contributed by atoms with van der Waals surface area (Å²) in [6.07, 6.45) is 12.5. The first-order chi connectivity index (χ1) is 16.1. The maximum atomic E-state index is 12.7. The fraction of sp³-hybridized carbons (Fsp3) is 0.375. The molecule has 5 rings (SSSR count). The van der Waals surface area contributed by atoms with Gasteiger partial charge in [0, 0.05) is 23.1 Å². The fourth-order valence-corrected chi connectivity index (χ4v) is 4.62. The maximum Gasteiger partial charge on any atom is 0.319 e. The van der Waals surface area contributed by atoms with Crippen LogP contribution < -0.4 is 26.6 Å². The molecule has 1 fully saturated rings. The summed E-state index contributed by atoms with van der Waals surface area (Å²) in [5, 5.41) is 16.6. The van der Waals surface area contributed by atoms with Gasteiger partial charge in [0.15, 0.2) is 5.82 Å². The van der Waals surface area contributed by atoms with Crippen molar-refractivity contribution in [3.8, 4) is 0 Å². The average molecular weight is 466 g/mol. The van der Waals surface area contributed by atoms with Crippen LogP contribution >= 0.6 is 11.6 Å². The van der Waals surface area contributed by atoms with E-state index >= 15 is 0 Å². The lowest BCUT2D eigenvalue weighted by Gasteiger charge is -2.24. The van der Waals surface area contributed by atoms with Gasteiger partial charge < -0.3 is 26.6 Å². The number of anilines is 4. The summed E-state index contributed by atoms with van der Waals surface area (Å²) in [6.45, 7) is 1.87. The van der Waals surface area contributed by atoms with E-state index in [1.807, 2.05) is 12.1 Å². The van der Waals surface area contributed by atoms with Gasteiger partial charge in [0.05, 0.1) is 6.20 Å². The van der Waals surface area contributed by atoms with Crippen LogP contribution in [0.15, 0.2) is 48.3 Å². The standard InChI is InChI=1S/C24H28ClN7O/c25-20-14-27-23-29-18-3-1-2-15(12-18)4-5-16-13-19(28-22(20)32-23)6-7-21(16)31-24(33)30-17-8-10-26-11-9-17/h1-3,6-7,13-15,17,26H,4-5,8-12H2,(H2,30,31,33)(H2,27,28,29,32). The average Bonchev–Trinajstić information content (AvgIpc) is 2.82. The lowest BCUT2D eigenvalue weighted by molar-refractivity contribution is 0.245. The summed E-state index contributed by atoms with van der Waals surface area (Å²) in [5.74, 6) is 1.43. The zero-order chi connectivity index (χ0) is 22.6. The molecule has 6 bridgehead atoms. The van der Waals surface area contributed by atoms with E-state index in [1.165, 1.54) is 0 Å². The highest BCUT2D eigenvalue weighted by atomic mass is 35.5. The predicted octanol–water partition coefficient (Wildman–Crippen LogP) is 4.57. The molecule has 0 radical (unpaired) electrons. The van der Waals surface area contributed by atoms with E-state index in [0.29, 0.717) is 22.7 Å². The molecule has 3 aliphatic rings. The summed E-state index contributed by atoms with van der Waals surface area (Å²) in [7, 11) is 0. The number of amides is 2. The highest BCUT2D eigenvalue weighted by Crippen LogP contribution is 2.31. The molecular weight excluding hydrogens is 438 g/mol. The van der Waals surface area contributed by atoms with Gasteiger partial charge in [-0.3, -0.25) is 0 Å². The number of fused-ring (bicyclic) bond motifs is 6. The van der Waals surface area contributed by atoms with Gasteiger partial charge in [-0.05, 0) is 81.0 Å². The fourth-order valence-electron chi connectivity index (χ4n) is 4.48. The van der Waals surface area contributed by atoms with Crippen molar-refractivity contribution in [2.24, 2.45) is 5.92 Å². The van der Waals surface area contributed by atoms with Crippen molar-refractivity contribution in [1.82, 2.24) is 20.6 Å². The topological polar surface area (TPSA) is 103 Å². The Morgan fingerprint density at radius 2 is 2.03 bits per heavy atom. The number of allylic oxidation sites excluding steroid dienone is 4. The first kappa shape index (κ1) is 21.7. The number of hydrogen-bond acceptors (Lipinski definition) is 6. The number of aryl methyl sites for hydroxylation is 1. The number of halogens is 1. The summed E-state index contributed by atoms with van der Waals surface area (Å²) >= 11 is 6.35. The van der Waals surface area contributed by atoms with Gasteiger partial charge in [0.2, 0.25) is 5.95 Å². The molecule has 8 nitrogen and oxygen atoms in total. The first-order valence-electron chi connectivity index (χ1n) is 11.5. The molecule has 1 atom stereocenters. The Bertz CT molecular complexity index is 1090. The molecule has 1 saturated heterocycles. The third kappa shape index (κ3) is 5.46. The highest BCUT2D eigenvalue weighted by molar-refractivity contribution is 6.32. The van der Waals surface area contributed by atoms with E-state index in [2.05, 4.69) is 60.8 Å². The summed E-state index contributed by atoms with van der Waals surface area (Å²) in [5.41, 5.74) is 3.83. The number of benzene rings is 1. The largest absolute Gasteiger partial charge is 0.339 e. The Morgan fingerprint density at radius 1 is 1.15 bits per heavy atom. The second kappa shape index (κ2) is 9.80. The Balaban J connectivity index is 1.41. The number of carbonyl (C=O) groups is 1. The Labute approximate surface area is 198 Å². The highest BCUT2D eigenvalue weighted by Gasteiger charge is 2.19. The maximum absolute atomic E-state index is 12.7. The number of carbonyl (C=O) groups excluding carboxylic acids is 1. The minimum absolute atomic E-state index is 0.155. The Morgan fingerprint density at radius 3 is 2.91 bits per heavy atom. The third-order valence-electron chi connectivity index (χ3n) is 6.25. The molecule has 1 unspecified atom stereocenters. The van der Waals surface area contributed by atoms with E-state index in [9.17, 15) is 4.79 Å². The van der Waals surface area contributed by atoms with Crippen molar-refractivity contribution in [3.05, 3.63) is 58.9 Å². The first-order valence-corrected chi connectivity index (χ1v) is 11.9. The van der Waals surface area contributed by atoms with Crippen molar-refractivity contribution in [2.75, 3.05) is 29.0 Å². The molecule has 1 aliphatic carbocycles. The van der Waals surface area contributed by atoms with Crippen molar-refractivity contribution in [2.45, 2.75) is 38.1 Å². The number of hydrogen-bond donors (Lipinski definition) is 5. The zero-order valence-electron chi connectivity index (χ0n) is 18.3. The number of aromatic nitrogens is 2. The van der Waals surface area contributed by atoms with Gasteiger partial charge in [0.25, 0.3) is 0 Å². The van der Waals surface area contributed by atoms with Crippen LogP contribution in [-0.4, -0.2) is 35.1 Å². The lowest BCUT2D eigenvalue weighted by atomic mass is 9.91. The van der Waals surface area contributed by atoms with E-state index in [0.717, 1.165) is 67.8 Å². The molecule has 2 aliphatic heterocycles. The van der Waals surface area contributed by atoms with Crippen molar-refractivity contribution < 1.29 is 4.79 Å². The van der Waals surface area contributed by atoms with Gasteiger partial charge in [-0.1, -0.05) is 23.8 Å². The minimum Gasteiger partial charge on any atom is -0.339 e. The predicted molar refractivity (Wildman–Crippen MR) is 132 cm³/mol. The van der Waals surface area contributed by atoms with Crippen LogP contribution in [-0.2, 0) is 6.42 Å².